The molecule has 130 valence electrons. The number of urea groups is 1. The summed E-state index contributed by atoms with van der Waals surface area (Å²) < 4.78 is 24.8. The fourth-order valence-electron chi connectivity index (χ4n) is 2.04. The highest BCUT2D eigenvalue weighted by Crippen LogP contribution is 2.27. The number of carbonyl (C=O) groups excluding carboxylic acids is 1. The first-order valence-electron chi connectivity index (χ1n) is 7.43. The van der Waals surface area contributed by atoms with Crippen molar-refractivity contribution in [2.45, 2.75) is 37.8 Å². The lowest BCUT2D eigenvalue weighted by Crippen LogP contribution is -2.41. The summed E-state index contributed by atoms with van der Waals surface area (Å²) in [4.78, 5) is 14.4. The maximum atomic E-state index is 12.4. The number of nitrogens with zero attached hydrogens (tertiary/aromatic N) is 1. The quantitative estimate of drug-likeness (QED) is 0.725. The number of halogens is 2. The molecule has 0 radical (unpaired) electrons. The summed E-state index contributed by atoms with van der Waals surface area (Å²) in [5.74, 6) is -2.50. The Labute approximate surface area is 140 Å². The second-order valence-corrected chi connectivity index (χ2v) is 7.46. The van der Waals surface area contributed by atoms with Crippen LogP contribution in [0.25, 0.3) is 0 Å². The van der Waals surface area contributed by atoms with Gasteiger partial charge in [0.25, 0.3) is 5.76 Å². The molecule has 1 aromatic carbocycles. The Kier molecular flexibility index (Phi) is 7.78. The third-order valence-corrected chi connectivity index (χ3v) is 3.55. The zero-order chi connectivity index (χ0) is 17.5. The number of thioether (sulfide) groups is 1. The molecule has 0 aliphatic rings. The Morgan fingerprint density at radius 2 is 2.09 bits per heavy atom. The lowest BCUT2D eigenvalue weighted by molar-refractivity contribution is 0.176. The topological polar surface area (TPSA) is 52.6 Å². The molecule has 0 aromatic heterocycles. The number of hydrogen-bond donors (Lipinski definition) is 2. The summed E-state index contributed by atoms with van der Waals surface area (Å²) in [7, 11) is 0. The molecule has 23 heavy (non-hydrogen) atoms. The predicted octanol–water partition coefficient (Wildman–Crippen LogP) is 4.26. The molecular weight excluding hydrogens is 322 g/mol. The monoisotopic (exact) mass is 346 g/mol. The first kappa shape index (κ1) is 19.7. The summed E-state index contributed by atoms with van der Waals surface area (Å²) in [5.41, 5.74) is 0.392. The number of aliphatic hydroxyl groups excluding tert-OH is 1. The number of nitrogens with one attached hydrogen (secondary N) is 1. The number of alkyl halides is 2. The van der Waals surface area contributed by atoms with Crippen molar-refractivity contribution < 1.29 is 18.7 Å². The van der Waals surface area contributed by atoms with Crippen molar-refractivity contribution in [1.29, 1.82) is 0 Å². The fraction of sp³-hybridized carbons (Fsp3) is 0.562. The van der Waals surface area contributed by atoms with Crippen LogP contribution in [-0.4, -0.2) is 41.5 Å². The second-order valence-electron chi connectivity index (χ2n) is 6.40. The van der Waals surface area contributed by atoms with E-state index in [1.165, 1.54) is 6.07 Å². The maximum absolute atomic E-state index is 12.4. The predicted molar refractivity (Wildman–Crippen MR) is 90.1 cm³/mol. The molecule has 0 heterocycles. The minimum atomic E-state index is -2.50. The van der Waals surface area contributed by atoms with Gasteiger partial charge in [0.15, 0.2) is 0 Å². The van der Waals surface area contributed by atoms with Gasteiger partial charge in [0, 0.05) is 30.3 Å². The highest BCUT2D eigenvalue weighted by atomic mass is 32.2. The number of amides is 2. The van der Waals surface area contributed by atoms with E-state index < -0.39 is 5.76 Å². The summed E-state index contributed by atoms with van der Waals surface area (Å²) in [5, 5.41) is 11.7. The highest BCUT2D eigenvalue weighted by Gasteiger charge is 2.21. The molecule has 0 atom stereocenters. The first-order chi connectivity index (χ1) is 10.7. The van der Waals surface area contributed by atoms with Crippen LogP contribution in [0.2, 0.25) is 0 Å². The molecule has 4 nitrogen and oxygen atoms in total. The molecule has 0 unspecified atom stereocenters. The van der Waals surface area contributed by atoms with Gasteiger partial charge in [-0.3, -0.25) is 0 Å². The van der Waals surface area contributed by atoms with Crippen molar-refractivity contribution in [2.24, 2.45) is 5.41 Å². The van der Waals surface area contributed by atoms with E-state index in [2.05, 4.69) is 5.32 Å². The van der Waals surface area contributed by atoms with Crippen molar-refractivity contribution >= 4 is 23.5 Å². The Morgan fingerprint density at radius 3 is 2.65 bits per heavy atom. The number of aliphatic hydroxyl groups is 1. The van der Waals surface area contributed by atoms with Gasteiger partial charge in [0.05, 0.1) is 0 Å². The van der Waals surface area contributed by atoms with Gasteiger partial charge in [0.1, 0.15) is 0 Å². The molecular formula is C16H24F2N2O2S. The van der Waals surface area contributed by atoms with Crippen LogP contribution in [-0.2, 0) is 0 Å². The Hall–Kier alpha value is -1.34. The van der Waals surface area contributed by atoms with Crippen LogP contribution in [0.3, 0.4) is 0 Å². The average molecular weight is 346 g/mol. The van der Waals surface area contributed by atoms with E-state index in [0.717, 1.165) is 0 Å². The summed E-state index contributed by atoms with van der Waals surface area (Å²) in [6.45, 7) is 7.04. The molecule has 0 aliphatic carbocycles. The molecule has 0 saturated heterocycles. The van der Waals surface area contributed by atoms with Gasteiger partial charge in [-0.1, -0.05) is 38.6 Å². The van der Waals surface area contributed by atoms with Gasteiger partial charge in [-0.05, 0) is 30.0 Å². The Morgan fingerprint density at radius 1 is 1.39 bits per heavy atom. The number of rotatable bonds is 7. The van der Waals surface area contributed by atoms with Crippen LogP contribution < -0.4 is 5.32 Å². The standard InChI is InChI=1S/C16H24F2N2O2S/c1-16(2,3)11-20(8-5-9-21)15(22)19-12-6-4-7-13(10-12)23-14(17)18/h4,6-7,10,14,21H,5,8-9,11H2,1-3H3,(H,19,22). The average Bonchev–Trinajstić information content (AvgIpc) is 2.41. The molecule has 0 fully saturated rings. The van der Waals surface area contributed by atoms with Crippen LogP contribution >= 0.6 is 11.8 Å². The van der Waals surface area contributed by atoms with Crippen LogP contribution in [0.4, 0.5) is 19.3 Å². The first-order valence-corrected chi connectivity index (χ1v) is 8.31. The summed E-state index contributed by atoms with van der Waals surface area (Å²) in [6.07, 6.45) is 0.491. The Bertz CT molecular complexity index is 507. The number of anilines is 1. The SMILES string of the molecule is CC(C)(C)CN(CCCO)C(=O)Nc1cccc(SC(F)F)c1. The molecule has 0 spiro atoms. The van der Waals surface area contributed by atoms with Gasteiger partial charge in [-0.25, -0.2) is 4.79 Å². The summed E-state index contributed by atoms with van der Waals surface area (Å²) >= 11 is 0.441. The van der Waals surface area contributed by atoms with Gasteiger partial charge in [-0.15, -0.1) is 0 Å². The number of benzene rings is 1. The van der Waals surface area contributed by atoms with Crippen molar-refractivity contribution in [3.05, 3.63) is 24.3 Å². The zero-order valence-corrected chi connectivity index (χ0v) is 14.5. The second kappa shape index (κ2) is 9.08. The fourth-order valence-corrected chi connectivity index (χ4v) is 2.60. The third-order valence-electron chi connectivity index (χ3n) is 2.85. The van der Waals surface area contributed by atoms with Gasteiger partial charge < -0.3 is 15.3 Å². The van der Waals surface area contributed by atoms with E-state index in [1.54, 1.807) is 23.1 Å². The smallest absolute Gasteiger partial charge is 0.321 e. The minimum Gasteiger partial charge on any atom is -0.396 e. The van der Waals surface area contributed by atoms with E-state index in [0.29, 0.717) is 41.9 Å². The largest absolute Gasteiger partial charge is 0.396 e. The van der Waals surface area contributed by atoms with Gasteiger partial charge in [-0.2, -0.15) is 8.78 Å². The van der Waals surface area contributed by atoms with Crippen LogP contribution in [0, 0.1) is 5.41 Å². The van der Waals surface area contributed by atoms with Crippen molar-refractivity contribution in [1.82, 2.24) is 4.90 Å². The molecule has 0 aliphatic heterocycles. The summed E-state index contributed by atoms with van der Waals surface area (Å²) in [6, 6.07) is 6.09. The maximum Gasteiger partial charge on any atom is 0.321 e. The molecule has 1 aromatic rings. The Balaban J connectivity index is 2.76. The molecule has 0 bridgehead atoms. The van der Waals surface area contributed by atoms with Crippen LogP contribution in [0.1, 0.15) is 27.2 Å². The van der Waals surface area contributed by atoms with Gasteiger partial charge in [0.2, 0.25) is 0 Å². The van der Waals surface area contributed by atoms with Crippen molar-refractivity contribution in [2.75, 3.05) is 25.0 Å². The van der Waals surface area contributed by atoms with Crippen LogP contribution in [0.15, 0.2) is 29.2 Å². The molecule has 1 rings (SSSR count). The zero-order valence-electron chi connectivity index (χ0n) is 13.7. The minimum absolute atomic E-state index is 0.00837. The van der Waals surface area contributed by atoms with E-state index >= 15 is 0 Å². The van der Waals surface area contributed by atoms with Gasteiger partial charge >= 0.3 is 6.03 Å². The van der Waals surface area contributed by atoms with E-state index in [9.17, 15) is 13.6 Å². The van der Waals surface area contributed by atoms with E-state index in [1.807, 2.05) is 20.8 Å². The van der Waals surface area contributed by atoms with E-state index in [-0.39, 0.29) is 18.1 Å². The number of hydrogen-bond acceptors (Lipinski definition) is 3. The number of carbonyl (C=O) groups is 1. The third kappa shape index (κ3) is 8.18. The van der Waals surface area contributed by atoms with Crippen molar-refractivity contribution in [3.63, 3.8) is 0 Å². The van der Waals surface area contributed by atoms with Crippen molar-refractivity contribution in [3.8, 4) is 0 Å². The molecule has 2 amide bonds. The molecule has 2 N–H and O–H groups in total. The lowest BCUT2D eigenvalue weighted by atomic mass is 9.96. The highest BCUT2D eigenvalue weighted by molar-refractivity contribution is 7.99. The molecule has 0 saturated carbocycles. The van der Waals surface area contributed by atoms with Crippen LogP contribution in [0.5, 0.6) is 0 Å². The van der Waals surface area contributed by atoms with E-state index in [4.69, 9.17) is 5.11 Å². The normalized spacial score (nSPS) is 11.6. The molecule has 7 heteroatoms. The lowest BCUT2D eigenvalue weighted by Gasteiger charge is -2.30.